The summed E-state index contributed by atoms with van der Waals surface area (Å²) in [6.07, 6.45) is 2.56. The van der Waals surface area contributed by atoms with Crippen molar-refractivity contribution in [3.05, 3.63) is 173 Å². The van der Waals surface area contributed by atoms with Crippen LogP contribution in [0.15, 0.2) is 140 Å². The summed E-state index contributed by atoms with van der Waals surface area (Å²) in [5.74, 6) is -12.3. The van der Waals surface area contributed by atoms with E-state index in [9.17, 15) is 72.5 Å². The molecular formula is C82H105ClN18O17. The maximum Gasteiger partial charge on any atom is 0.325 e. The zero-order chi connectivity index (χ0) is 86.3. The van der Waals surface area contributed by atoms with Crippen molar-refractivity contribution in [3.63, 3.8) is 0 Å². The molecule has 1 saturated heterocycles. The Morgan fingerprint density at radius 3 is 1.50 bits per heavy atom. The first-order valence-corrected chi connectivity index (χ1v) is 39.1. The smallest absolute Gasteiger partial charge is 0.325 e. The highest BCUT2D eigenvalue weighted by molar-refractivity contribution is 6.30. The number of benzene rings is 5. The highest BCUT2D eigenvalue weighted by Crippen LogP contribution is 2.23. The number of hydrogen-bond donors (Lipinski definition) is 18. The van der Waals surface area contributed by atoms with Gasteiger partial charge >= 0.3 is 18.0 Å². The van der Waals surface area contributed by atoms with Crippen molar-refractivity contribution in [3.8, 4) is 0 Å². The number of primary amides is 2. The van der Waals surface area contributed by atoms with E-state index < -0.39 is 175 Å². The van der Waals surface area contributed by atoms with Crippen molar-refractivity contribution in [1.82, 2.24) is 68.4 Å². The predicted octanol–water partition coefficient (Wildman–Crippen LogP) is 1.43. The lowest BCUT2D eigenvalue weighted by atomic mass is 9.99. The summed E-state index contributed by atoms with van der Waals surface area (Å²) in [6.45, 7) is 9.48. The fourth-order valence-corrected chi connectivity index (χ4v) is 13.2. The number of carbonyl (C=O) groups is 15. The van der Waals surface area contributed by atoms with Crippen LogP contribution in [0.2, 0.25) is 5.02 Å². The number of aliphatic hydroxyl groups is 1. The van der Waals surface area contributed by atoms with Gasteiger partial charge in [0.2, 0.25) is 70.9 Å². The van der Waals surface area contributed by atoms with Gasteiger partial charge in [-0.05, 0) is 139 Å². The number of fused-ring (bicyclic) bond motifs is 1. The number of amides is 16. The first kappa shape index (κ1) is 92.7. The summed E-state index contributed by atoms with van der Waals surface area (Å²) in [5.41, 5.74) is 18.8. The number of carbonyl (C=O) groups excluding carboxylic acids is 14. The van der Waals surface area contributed by atoms with E-state index in [0.29, 0.717) is 53.1 Å². The van der Waals surface area contributed by atoms with Crippen LogP contribution in [0, 0.1) is 5.92 Å². The third-order valence-electron chi connectivity index (χ3n) is 19.1. The molecule has 1 aromatic heterocycles. The van der Waals surface area contributed by atoms with Gasteiger partial charge in [-0.25, -0.2) is 9.59 Å². The minimum Gasteiger partial charge on any atom is -0.480 e. The number of hydrogen-bond acceptors (Lipinski definition) is 19. The topological polar surface area (TPSA) is 547 Å². The molecule has 0 spiro atoms. The van der Waals surface area contributed by atoms with Crippen molar-refractivity contribution in [2.24, 2.45) is 23.1 Å². The number of likely N-dealkylation sites (tertiary alicyclic amines) is 1. The molecular weight excluding hydrogens is 1540 g/mol. The van der Waals surface area contributed by atoms with Crippen molar-refractivity contribution >= 4 is 123 Å². The highest BCUT2D eigenvalue weighted by Gasteiger charge is 2.41. The van der Waals surface area contributed by atoms with Gasteiger partial charge in [-0.3, -0.25) is 72.6 Å². The first-order chi connectivity index (χ1) is 56.1. The first-order valence-electron chi connectivity index (χ1n) is 38.7. The molecule has 6 aromatic rings. The van der Waals surface area contributed by atoms with Gasteiger partial charge in [0.1, 0.15) is 60.4 Å². The van der Waals surface area contributed by atoms with Crippen LogP contribution in [-0.4, -0.2) is 201 Å². The van der Waals surface area contributed by atoms with Crippen LogP contribution >= 0.6 is 11.6 Å². The van der Waals surface area contributed by atoms with Crippen LogP contribution in [0.5, 0.6) is 0 Å². The van der Waals surface area contributed by atoms with Crippen molar-refractivity contribution < 1.29 is 82.1 Å². The SMILES string of the molecule is CC(=O)N[C@H](Cc1ccc2ccccc2c1)C(=O)N[C@H](Cc1ccc(Cl)cc1)C(=O)N[C@H](Cc1cccnc1)C(=O)N[C@@H](CO)C(=O)N[C@@H](Cc1ccc(NC(=O)NC(=O)[C@@H](N)CC(N)=O)cc1)C(=O)N[C@H](Cc1ccc(NC(N)=O)cc1)C(=O)N[C@@H](CC(C)C)C(=O)N[C@@H](CCCCNC(C)C)C(=O)N1CCC[C@H]1C(=O)N[C@H](C)C(=O)O. The van der Waals surface area contributed by atoms with Gasteiger partial charge in [0, 0.05) is 80.4 Å². The molecule has 1 aliphatic rings. The molecule has 1 fully saturated rings. The fraction of sp³-hybridized carbons (Fsp3) is 0.415. The Balaban J connectivity index is 1.21. The van der Waals surface area contributed by atoms with Gasteiger partial charge in [-0.2, -0.15) is 0 Å². The maximum atomic E-state index is 15.4. The van der Waals surface area contributed by atoms with Crippen molar-refractivity contribution in [2.45, 2.75) is 191 Å². The number of nitrogens with one attached hydrogen (secondary N) is 13. The van der Waals surface area contributed by atoms with E-state index in [1.165, 1.54) is 79.7 Å². The molecule has 0 bridgehead atoms. The number of nitrogens with two attached hydrogens (primary N) is 3. The number of carboxylic acid groups (broad SMARTS) is 1. The molecule has 5 aromatic carbocycles. The molecule has 0 unspecified atom stereocenters. The number of aliphatic carboxylic acids is 1. The number of rotatable bonds is 43. The summed E-state index contributed by atoms with van der Waals surface area (Å²) in [6, 6.07) is 16.0. The van der Waals surface area contributed by atoms with E-state index in [1.54, 1.807) is 56.3 Å². The zero-order valence-electron chi connectivity index (χ0n) is 66.4. The quantitative estimate of drug-likeness (QED) is 0.0241. The van der Waals surface area contributed by atoms with E-state index in [0.717, 1.165) is 10.8 Å². The number of aliphatic hydroxyl groups excluding tert-OH is 1. The number of anilines is 2. The second kappa shape index (κ2) is 45.7. The van der Waals surface area contributed by atoms with Gasteiger partial charge in [0.05, 0.1) is 19.1 Å². The number of nitrogens with zero attached hydrogens (tertiary/aromatic N) is 2. The molecule has 1 aliphatic heterocycles. The third-order valence-corrected chi connectivity index (χ3v) is 19.4. The lowest BCUT2D eigenvalue weighted by Crippen LogP contribution is -2.62. The maximum absolute atomic E-state index is 15.4. The van der Waals surface area contributed by atoms with E-state index >= 15 is 9.59 Å². The Labute approximate surface area is 687 Å². The molecule has 0 saturated carbocycles. The Morgan fingerprint density at radius 1 is 0.525 bits per heavy atom. The lowest BCUT2D eigenvalue weighted by molar-refractivity contribution is -0.144. The largest absolute Gasteiger partial charge is 0.480 e. The number of urea groups is 2. The molecule has 21 N–H and O–H groups in total. The molecule has 7 rings (SSSR count). The van der Waals surface area contributed by atoms with Gasteiger partial charge in [0.25, 0.3) is 0 Å². The van der Waals surface area contributed by atoms with E-state index in [1.807, 2.05) is 55.6 Å². The summed E-state index contributed by atoms with van der Waals surface area (Å²) in [4.78, 5) is 212. The number of unbranched alkanes of at least 4 members (excludes halogenated alkanes) is 1. The second-order valence-corrected chi connectivity index (χ2v) is 30.1. The summed E-state index contributed by atoms with van der Waals surface area (Å²) < 4.78 is 0. The van der Waals surface area contributed by atoms with Crippen LogP contribution in [-0.2, 0) is 94.4 Å². The van der Waals surface area contributed by atoms with Gasteiger partial charge in [0.15, 0.2) is 0 Å². The summed E-state index contributed by atoms with van der Waals surface area (Å²) >= 11 is 6.26. The van der Waals surface area contributed by atoms with Crippen LogP contribution < -0.4 is 86.3 Å². The average Bonchev–Trinajstić information content (AvgIpc) is 1.74. The lowest BCUT2D eigenvalue weighted by Gasteiger charge is -2.31. The zero-order valence-corrected chi connectivity index (χ0v) is 67.2. The normalized spacial score (nSPS) is 15.0. The van der Waals surface area contributed by atoms with Crippen molar-refractivity contribution in [2.75, 3.05) is 30.3 Å². The number of pyridine rings is 1. The van der Waals surface area contributed by atoms with Gasteiger partial charge in [-0.15, -0.1) is 0 Å². The van der Waals surface area contributed by atoms with E-state index in [4.69, 9.17) is 28.8 Å². The Morgan fingerprint density at radius 2 is 1.00 bits per heavy atom. The predicted molar refractivity (Wildman–Crippen MR) is 438 cm³/mol. The van der Waals surface area contributed by atoms with Crippen LogP contribution in [0.1, 0.15) is 114 Å². The molecule has 118 heavy (non-hydrogen) atoms. The van der Waals surface area contributed by atoms with Crippen LogP contribution in [0.3, 0.4) is 0 Å². The summed E-state index contributed by atoms with van der Waals surface area (Å²) in [7, 11) is 0. The highest BCUT2D eigenvalue weighted by atomic mass is 35.5. The Hall–Kier alpha value is -12.5. The molecule has 11 atom stereocenters. The van der Waals surface area contributed by atoms with E-state index in [-0.39, 0.29) is 80.4 Å². The average molecular weight is 1650 g/mol. The molecule has 35 nitrogen and oxygen atoms in total. The standard InChI is InChI=1S/C82H105ClN18O17/c1-45(2)35-61(71(106)93-60(16-9-10-33-88-46(3)4)79(114)101-34-12-17-68(101)78(113)89-47(5)80(115)116)94-73(108)64(38-50-21-28-57(29-22-50)91-81(86)117)96-75(110)65(39-51-23-30-58(31-24-51)92-82(118)100-70(105)59(84)42-69(85)104)98-77(112)67(44-102)99-76(111)66(41-53-13-11-32-87-43-53)97-74(109)63(37-49-19-26-56(83)27-20-49)95-72(107)62(90-48(6)103)40-52-18-25-54-14-7-8-15-55(54)36-52/h7-8,11,13-15,18-32,36,43,45-47,59-68,88,102H,9-10,12,16-17,33-35,37-42,44,84H2,1-6H3,(H2,85,104)(H,89,113)(H,90,103)(H,93,106)(H,94,108)(H,95,107)(H,96,110)(H,97,109)(H,98,112)(H,99,111)(H,115,116)(H3,86,91,117)(H2,92,100,105,118)/t47-,59+,60+,61+,62-,63-,64-,65+,66-,67+,68+/m1/s1. The van der Waals surface area contributed by atoms with Crippen molar-refractivity contribution in [1.29, 1.82) is 0 Å². The molecule has 36 heteroatoms. The Kier molecular flexibility index (Phi) is 35.9. The monoisotopic (exact) mass is 1650 g/mol. The number of carboxylic acids is 1. The van der Waals surface area contributed by atoms with Gasteiger partial charge < -0.3 is 96.1 Å². The van der Waals surface area contributed by atoms with Crippen LogP contribution in [0.4, 0.5) is 21.0 Å². The molecule has 2 heterocycles. The number of aromatic nitrogens is 1. The molecule has 16 amide bonds. The minimum absolute atomic E-state index is 0.00352. The van der Waals surface area contributed by atoms with Gasteiger partial charge in [-0.1, -0.05) is 124 Å². The minimum atomic E-state index is -1.94. The third kappa shape index (κ3) is 30.3. The number of halogens is 1. The Bertz CT molecular complexity index is 4520. The molecule has 632 valence electrons. The molecule has 0 aliphatic carbocycles. The van der Waals surface area contributed by atoms with E-state index in [2.05, 4.69) is 68.8 Å². The summed E-state index contributed by atoms with van der Waals surface area (Å²) in [5, 5.41) is 57.0. The van der Waals surface area contributed by atoms with Crippen LogP contribution in [0.25, 0.3) is 10.8 Å². The fourth-order valence-electron chi connectivity index (χ4n) is 13.0. The molecule has 0 radical (unpaired) electrons. The number of imide groups is 1. The second-order valence-electron chi connectivity index (χ2n) is 29.6.